The third kappa shape index (κ3) is 2.48. The zero-order valence-corrected chi connectivity index (χ0v) is 10.2. The van der Waals surface area contributed by atoms with Crippen LogP contribution in [0.5, 0.6) is 0 Å². The third-order valence-corrected chi connectivity index (χ3v) is 2.84. The van der Waals surface area contributed by atoms with Crippen molar-refractivity contribution in [2.75, 3.05) is 5.32 Å². The molecule has 0 saturated heterocycles. The molecule has 2 aromatic rings. The van der Waals surface area contributed by atoms with Crippen molar-refractivity contribution in [2.24, 2.45) is 0 Å². The summed E-state index contributed by atoms with van der Waals surface area (Å²) in [6, 6.07) is 5.20. The molecular formula is C12H14N4O2. The van der Waals surface area contributed by atoms with E-state index in [4.69, 9.17) is 0 Å². The molecule has 2 rings (SSSR count). The van der Waals surface area contributed by atoms with Crippen LogP contribution in [-0.4, -0.2) is 15.1 Å². The second-order valence-corrected chi connectivity index (χ2v) is 4.15. The van der Waals surface area contributed by atoms with E-state index in [1.807, 2.05) is 19.9 Å². The number of nitro groups is 1. The van der Waals surface area contributed by atoms with Crippen LogP contribution < -0.4 is 5.32 Å². The van der Waals surface area contributed by atoms with Gasteiger partial charge in [0.2, 0.25) is 0 Å². The first-order chi connectivity index (χ1) is 8.58. The third-order valence-electron chi connectivity index (χ3n) is 2.84. The molecule has 0 bridgehead atoms. The minimum Gasteiger partial charge on any atom is -0.374 e. The van der Waals surface area contributed by atoms with Gasteiger partial charge in [0, 0.05) is 12.3 Å². The Hall–Kier alpha value is -2.37. The zero-order valence-electron chi connectivity index (χ0n) is 10.2. The van der Waals surface area contributed by atoms with Crippen molar-refractivity contribution < 1.29 is 4.92 Å². The van der Waals surface area contributed by atoms with Gasteiger partial charge >= 0.3 is 0 Å². The molecule has 0 aliphatic carbocycles. The molecule has 94 valence electrons. The standard InChI is InChI=1S/C12H14N4O2/c1-8-5-11(12(16(17)18)6-9(8)2)13-7-10-3-4-14-15-10/h3-6,13H,7H2,1-2H3,(H,14,15). The van der Waals surface area contributed by atoms with Crippen LogP contribution in [0.2, 0.25) is 0 Å². The second kappa shape index (κ2) is 4.87. The average molecular weight is 246 g/mol. The number of nitrogens with one attached hydrogen (secondary N) is 2. The van der Waals surface area contributed by atoms with Gasteiger partial charge in [-0.15, -0.1) is 0 Å². The van der Waals surface area contributed by atoms with Crippen molar-refractivity contribution >= 4 is 11.4 Å². The highest BCUT2D eigenvalue weighted by Crippen LogP contribution is 2.28. The monoisotopic (exact) mass is 246 g/mol. The summed E-state index contributed by atoms with van der Waals surface area (Å²) in [6.45, 7) is 4.27. The summed E-state index contributed by atoms with van der Waals surface area (Å²) in [6.07, 6.45) is 1.64. The van der Waals surface area contributed by atoms with Crippen molar-refractivity contribution in [3.8, 4) is 0 Å². The van der Waals surface area contributed by atoms with Gasteiger partial charge in [0.15, 0.2) is 0 Å². The molecule has 0 atom stereocenters. The molecular weight excluding hydrogens is 232 g/mol. The first-order valence-corrected chi connectivity index (χ1v) is 5.55. The van der Waals surface area contributed by atoms with E-state index in [0.29, 0.717) is 12.2 Å². The topological polar surface area (TPSA) is 83.8 Å². The Balaban J connectivity index is 2.25. The Bertz CT molecular complexity index is 564. The molecule has 0 amide bonds. The van der Waals surface area contributed by atoms with Gasteiger partial charge in [0.25, 0.3) is 5.69 Å². The molecule has 2 N–H and O–H groups in total. The van der Waals surface area contributed by atoms with E-state index in [9.17, 15) is 10.1 Å². The summed E-state index contributed by atoms with van der Waals surface area (Å²) in [4.78, 5) is 10.6. The maximum atomic E-state index is 11.0. The first-order valence-electron chi connectivity index (χ1n) is 5.55. The van der Waals surface area contributed by atoms with Crippen LogP contribution >= 0.6 is 0 Å². The molecule has 0 saturated carbocycles. The van der Waals surface area contributed by atoms with Crippen LogP contribution in [0.25, 0.3) is 0 Å². The Morgan fingerprint density at radius 1 is 1.39 bits per heavy atom. The number of aryl methyl sites for hydroxylation is 2. The molecule has 18 heavy (non-hydrogen) atoms. The fourth-order valence-electron chi connectivity index (χ4n) is 1.67. The van der Waals surface area contributed by atoms with Crippen molar-refractivity contribution in [2.45, 2.75) is 20.4 Å². The average Bonchev–Trinajstić information content (AvgIpc) is 2.83. The molecule has 1 aromatic heterocycles. The number of hydrogen-bond acceptors (Lipinski definition) is 4. The molecule has 0 spiro atoms. The lowest BCUT2D eigenvalue weighted by Gasteiger charge is -2.08. The molecule has 0 aliphatic heterocycles. The number of hydrogen-bond donors (Lipinski definition) is 2. The van der Waals surface area contributed by atoms with E-state index in [-0.39, 0.29) is 10.6 Å². The summed E-state index contributed by atoms with van der Waals surface area (Å²) in [7, 11) is 0. The quantitative estimate of drug-likeness (QED) is 0.641. The molecule has 6 nitrogen and oxygen atoms in total. The van der Waals surface area contributed by atoms with E-state index in [0.717, 1.165) is 16.8 Å². The number of nitro benzene ring substituents is 1. The Kier molecular flexibility index (Phi) is 3.27. The lowest BCUT2D eigenvalue weighted by Crippen LogP contribution is -2.04. The molecule has 0 unspecified atom stereocenters. The van der Waals surface area contributed by atoms with Crippen LogP contribution in [-0.2, 0) is 6.54 Å². The molecule has 0 fully saturated rings. The molecule has 0 radical (unpaired) electrons. The van der Waals surface area contributed by atoms with Gasteiger partial charge in [-0.2, -0.15) is 5.10 Å². The highest BCUT2D eigenvalue weighted by molar-refractivity contribution is 5.64. The summed E-state index contributed by atoms with van der Waals surface area (Å²) in [5, 5.41) is 20.7. The maximum Gasteiger partial charge on any atom is 0.292 e. The van der Waals surface area contributed by atoms with Crippen molar-refractivity contribution in [1.82, 2.24) is 10.2 Å². The Morgan fingerprint density at radius 3 is 2.72 bits per heavy atom. The molecule has 6 heteroatoms. The van der Waals surface area contributed by atoms with Gasteiger partial charge in [-0.1, -0.05) is 0 Å². The van der Waals surface area contributed by atoms with Gasteiger partial charge in [-0.05, 0) is 37.1 Å². The van der Waals surface area contributed by atoms with Gasteiger partial charge in [0.1, 0.15) is 5.69 Å². The van der Waals surface area contributed by atoms with Crippen molar-refractivity contribution in [3.63, 3.8) is 0 Å². The van der Waals surface area contributed by atoms with Crippen LogP contribution in [0.3, 0.4) is 0 Å². The number of nitrogens with zero attached hydrogens (tertiary/aromatic N) is 2. The Morgan fingerprint density at radius 2 is 2.11 bits per heavy atom. The molecule has 1 heterocycles. The highest BCUT2D eigenvalue weighted by atomic mass is 16.6. The maximum absolute atomic E-state index is 11.0. The van der Waals surface area contributed by atoms with Crippen LogP contribution in [0.15, 0.2) is 24.4 Å². The normalized spacial score (nSPS) is 10.3. The van der Waals surface area contributed by atoms with Crippen LogP contribution in [0.1, 0.15) is 16.8 Å². The van der Waals surface area contributed by atoms with Gasteiger partial charge in [0.05, 0.1) is 17.2 Å². The van der Waals surface area contributed by atoms with Crippen molar-refractivity contribution in [3.05, 3.63) is 51.3 Å². The summed E-state index contributed by atoms with van der Waals surface area (Å²) < 4.78 is 0. The molecule has 1 aromatic carbocycles. The van der Waals surface area contributed by atoms with Crippen LogP contribution in [0, 0.1) is 24.0 Å². The lowest BCUT2D eigenvalue weighted by atomic mass is 10.1. The minimum absolute atomic E-state index is 0.0950. The van der Waals surface area contributed by atoms with E-state index in [2.05, 4.69) is 15.5 Å². The van der Waals surface area contributed by atoms with E-state index in [1.54, 1.807) is 18.3 Å². The van der Waals surface area contributed by atoms with Gasteiger partial charge < -0.3 is 5.32 Å². The number of anilines is 1. The minimum atomic E-state index is -0.373. The Labute approximate surface area is 104 Å². The van der Waals surface area contributed by atoms with E-state index in [1.165, 1.54) is 0 Å². The fraction of sp³-hybridized carbons (Fsp3) is 0.250. The number of aromatic amines is 1. The predicted octanol–water partition coefficient (Wildman–Crippen LogP) is 2.55. The lowest BCUT2D eigenvalue weighted by molar-refractivity contribution is -0.384. The van der Waals surface area contributed by atoms with E-state index < -0.39 is 0 Å². The predicted molar refractivity (Wildman–Crippen MR) is 68.5 cm³/mol. The number of benzene rings is 1. The van der Waals surface area contributed by atoms with E-state index >= 15 is 0 Å². The summed E-state index contributed by atoms with van der Waals surface area (Å²) in [5.41, 5.74) is 3.43. The highest BCUT2D eigenvalue weighted by Gasteiger charge is 2.15. The van der Waals surface area contributed by atoms with Gasteiger partial charge in [-0.25, -0.2) is 0 Å². The zero-order chi connectivity index (χ0) is 13.1. The van der Waals surface area contributed by atoms with Crippen LogP contribution in [0.4, 0.5) is 11.4 Å². The first kappa shape index (κ1) is 12.1. The largest absolute Gasteiger partial charge is 0.374 e. The van der Waals surface area contributed by atoms with Gasteiger partial charge in [-0.3, -0.25) is 15.2 Å². The smallest absolute Gasteiger partial charge is 0.292 e. The SMILES string of the molecule is Cc1cc(NCc2ccn[nH]2)c([N+](=O)[O-])cc1C. The summed E-state index contributed by atoms with van der Waals surface area (Å²) in [5.74, 6) is 0. The fourth-order valence-corrected chi connectivity index (χ4v) is 1.67. The number of rotatable bonds is 4. The number of H-pyrrole nitrogens is 1. The number of aromatic nitrogens is 2. The summed E-state index contributed by atoms with van der Waals surface area (Å²) >= 11 is 0. The second-order valence-electron chi connectivity index (χ2n) is 4.15. The molecule has 0 aliphatic rings. The van der Waals surface area contributed by atoms with Crippen molar-refractivity contribution in [1.29, 1.82) is 0 Å².